The zero-order valence-electron chi connectivity index (χ0n) is 28.2. The number of aryl methyl sites for hydroxylation is 2. The summed E-state index contributed by atoms with van der Waals surface area (Å²) in [6.07, 6.45) is -8.11. The Bertz CT molecular complexity index is 2490. The Morgan fingerprint density at radius 2 is 1.19 bits per heavy atom. The lowest BCUT2D eigenvalue weighted by Gasteiger charge is -2.14. The molecule has 0 radical (unpaired) electrons. The fraction of sp³-hybridized carbons (Fsp3) is 0.167. The van der Waals surface area contributed by atoms with Gasteiger partial charge in [-0.1, -0.05) is 29.8 Å². The first-order valence-electron chi connectivity index (χ1n) is 15.3. The van der Waals surface area contributed by atoms with E-state index in [-0.39, 0.29) is 33.4 Å². The molecule has 0 aliphatic heterocycles. The van der Waals surface area contributed by atoms with Gasteiger partial charge in [-0.3, -0.25) is 23.5 Å². The van der Waals surface area contributed by atoms with Crippen LogP contribution in [0.15, 0.2) is 105 Å². The van der Waals surface area contributed by atoms with Crippen LogP contribution in [-0.2, 0) is 28.7 Å². The third-order valence-electron chi connectivity index (χ3n) is 7.74. The number of nitrogens with one attached hydrogen (secondary N) is 1. The number of amides is 1. The summed E-state index contributed by atoms with van der Waals surface area (Å²) >= 11 is 6.00. The highest BCUT2D eigenvalue weighted by atomic mass is 35.5. The Labute approximate surface area is 307 Å². The van der Waals surface area contributed by atoms with Crippen LogP contribution in [0.25, 0.3) is 11.4 Å². The maximum atomic E-state index is 13.1. The Balaban J connectivity index is 0.000000266. The van der Waals surface area contributed by atoms with Crippen LogP contribution in [0.2, 0.25) is 5.02 Å². The van der Waals surface area contributed by atoms with Gasteiger partial charge in [0.2, 0.25) is 0 Å². The molecule has 0 fully saturated rings. The zero-order valence-corrected chi connectivity index (χ0v) is 29.8. The number of benzene rings is 3. The molecule has 1 amide bonds. The number of alkyl halides is 6. The van der Waals surface area contributed by atoms with Crippen LogP contribution >= 0.6 is 11.6 Å². The minimum absolute atomic E-state index is 0.00788. The molecule has 10 nitrogen and oxygen atoms in total. The van der Waals surface area contributed by atoms with E-state index in [1.807, 2.05) is 0 Å². The van der Waals surface area contributed by atoms with E-state index in [2.05, 4.69) is 5.32 Å². The number of nitrogens with zero attached hydrogens (tertiary/aromatic N) is 2. The number of halogens is 7. The number of carbonyl (C=O) groups excluding carboxylic acids is 1. The molecule has 2 N–H and O–H groups in total. The number of carboxylic acids is 1. The number of carboxylic acid groups (broad SMARTS) is 1. The smallest absolute Gasteiger partial charge is 0.416 e. The molecule has 18 heteroatoms. The highest BCUT2D eigenvalue weighted by Crippen LogP contribution is 2.31. The van der Waals surface area contributed by atoms with Crippen molar-refractivity contribution in [2.24, 2.45) is 0 Å². The molecule has 5 rings (SSSR count). The molecule has 0 unspecified atom stereocenters. The van der Waals surface area contributed by atoms with Crippen molar-refractivity contribution in [2.75, 3.05) is 6.26 Å². The molecule has 0 aliphatic carbocycles. The molecule has 3 aromatic carbocycles. The number of rotatable bonds is 7. The quantitative estimate of drug-likeness (QED) is 0.169. The normalized spacial score (nSPS) is 11.7. The first kappa shape index (κ1) is 41.1. The summed E-state index contributed by atoms with van der Waals surface area (Å²) in [7, 11) is -3.51. The number of carbonyl (C=O) groups is 2. The van der Waals surface area contributed by atoms with Crippen LogP contribution in [0.1, 0.15) is 48.8 Å². The first-order valence-corrected chi connectivity index (χ1v) is 17.6. The SMILES string of the molecule is Cc1ccc(C(=O)NCc2ccc(S(C)(=O)=O)c(Cl)c2)c(=O)n1-c1cccc(C(F)(F)F)c1.Cc1ccc(C(=O)O)c(=O)n1-c1cccc(C(F)(F)F)c1. The number of aromatic carboxylic acids is 1. The molecule has 0 aliphatic rings. The van der Waals surface area contributed by atoms with Gasteiger partial charge in [0.15, 0.2) is 9.84 Å². The fourth-order valence-corrected chi connectivity index (χ4v) is 6.47. The Hall–Kier alpha value is -5.68. The third-order valence-corrected chi connectivity index (χ3v) is 9.32. The van der Waals surface area contributed by atoms with E-state index in [4.69, 9.17) is 16.7 Å². The summed E-state index contributed by atoms with van der Waals surface area (Å²) in [4.78, 5) is 48.6. The number of hydrogen-bond acceptors (Lipinski definition) is 6. The van der Waals surface area contributed by atoms with Crippen molar-refractivity contribution in [3.05, 3.63) is 156 Å². The van der Waals surface area contributed by atoms with Gasteiger partial charge in [-0.2, -0.15) is 26.3 Å². The van der Waals surface area contributed by atoms with E-state index in [9.17, 15) is 53.9 Å². The van der Waals surface area contributed by atoms with Gasteiger partial charge >= 0.3 is 18.3 Å². The Morgan fingerprint density at radius 3 is 1.61 bits per heavy atom. The van der Waals surface area contributed by atoms with Gasteiger partial charge in [-0.05, 0) is 92.2 Å². The highest BCUT2D eigenvalue weighted by Gasteiger charge is 2.32. The lowest BCUT2D eigenvalue weighted by atomic mass is 10.1. The van der Waals surface area contributed by atoms with Gasteiger partial charge in [0, 0.05) is 35.6 Å². The number of sulfone groups is 1. The van der Waals surface area contributed by atoms with Crippen molar-refractivity contribution >= 4 is 33.3 Å². The summed E-state index contributed by atoms with van der Waals surface area (Å²) in [5, 5.41) is 11.4. The van der Waals surface area contributed by atoms with Gasteiger partial charge in [-0.25, -0.2) is 13.2 Å². The van der Waals surface area contributed by atoms with E-state index in [0.29, 0.717) is 17.0 Å². The van der Waals surface area contributed by atoms with Crippen molar-refractivity contribution in [1.29, 1.82) is 0 Å². The van der Waals surface area contributed by atoms with Crippen LogP contribution in [0, 0.1) is 13.8 Å². The molecule has 5 aromatic rings. The van der Waals surface area contributed by atoms with Crippen LogP contribution in [0.4, 0.5) is 26.3 Å². The summed E-state index contributed by atoms with van der Waals surface area (Å²) in [6.45, 7) is 2.99. The Morgan fingerprint density at radius 1 is 0.722 bits per heavy atom. The molecular weight excluding hydrogens is 768 g/mol. The summed E-state index contributed by atoms with van der Waals surface area (Å²) in [6, 6.07) is 17.8. The monoisotopic (exact) mass is 795 g/mol. The maximum absolute atomic E-state index is 13.1. The second-order valence-electron chi connectivity index (χ2n) is 11.7. The van der Waals surface area contributed by atoms with Crippen molar-refractivity contribution in [1.82, 2.24) is 14.5 Å². The van der Waals surface area contributed by atoms with Crippen molar-refractivity contribution in [3.63, 3.8) is 0 Å². The molecule has 284 valence electrons. The molecular formula is C36H28ClF6N3O7S. The minimum Gasteiger partial charge on any atom is -0.477 e. The van der Waals surface area contributed by atoms with Crippen molar-refractivity contribution < 1.29 is 49.5 Å². The molecule has 54 heavy (non-hydrogen) atoms. The topological polar surface area (TPSA) is 145 Å². The van der Waals surface area contributed by atoms with E-state index < -0.39 is 61.9 Å². The molecule has 0 spiro atoms. The van der Waals surface area contributed by atoms with Crippen molar-refractivity contribution in [2.45, 2.75) is 37.6 Å². The molecule has 0 bridgehead atoms. The zero-order chi connectivity index (χ0) is 40.3. The standard InChI is InChI=1S/C22H18ClF3N2O4S.C14H10F3NO3/c1-13-6-8-17(21(30)28(13)16-5-3-4-15(11-16)22(24,25)26)20(29)27-12-14-7-9-19(18(23)10-14)33(2,31)32;1-8-5-6-11(13(20)21)12(19)18(8)10-4-2-3-9(7-10)14(15,16)17/h3-11H,12H2,1-2H3,(H,27,29);2-7H,1H3,(H,20,21). The second kappa shape index (κ2) is 15.7. The van der Waals surface area contributed by atoms with E-state index in [1.165, 1.54) is 68.4 Å². The lowest BCUT2D eigenvalue weighted by Crippen LogP contribution is -2.33. The van der Waals surface area contributed by atoms with Crippen molar-refractivity contribution in [3.8, 4) is 11.4 Å². The summed E-state index contributed by atoms with van der Waals surface area (Å²) in [5.41, 5.74) is -3.13. The number of pyridine rings is 2. The average Bonchev–Trinajstić information content (AvgIpc) is 3.06. The average molecular weight is 796 g/mol. The first-order chi connectivity index (χ1) is 25.0. The van der Waals surface area contributed by atoms with Crippen LogP contribution in [0.3, 0.4) is 0 Å². The fourth-order valence-electron chi connectivity index (χ4n) is 5.11. The third kappa shape index (κ3) is 9.45. The largest absolute Gasteiger partial charge is 0.477 e. The molecule has 2 heterocycles. The summed E-state index contributed by atoms with van der Waals surface area (Å²) < 4.78 is 103. The molecule has 0 saturated carbocycles. The van der Waals surface area contributed by atoms with E-state index in [1.54, 1.807) is 0 Å². The van der Waals surface area contributed by atoms with Crippen LogP contribution in [-0.4, -0.2) is 40.8 Å². The van der Waals surface area contributed by atoms with Gasteiger partial charge in [0.25, 0.3) is 17.0 Å². The second-order valence-corrected chi connectivity index (χ2v) is 14.1. The van der Waals surface area contributed by atoms with Crippen LogP contribution < -0.4 is 16.4 Å². The van der Waals surface area contributed by atoms with E-state index in [0.717, 1.165) is 51.8 Å². The minimum atomic E-state index is -4.59. The molecule has 0 atom stereocenters. The highest BCUT2D eigenvalue weighted by molar-refractivity contribution is 7.90. The Kier molecular flexibility index (Phi) is 12.0. The van der Waals surface area contributed by atoms with Gasteiger partial charge in [-0.15, -0.1) is 0 Å². The van der Waals surface area contributed by atoms with Gasteiger partial charge in [0.1, 0.15) is 11.1 Å². The van der Waals surface area contributed by atoms with Crippen LogP contribution in [0.5, 0.6) is 0 Å². The predicted octanol–water partition coefficient (Wildman–Crippen LogP) is 7.01. The van der Waals surface area contributed by atoms with Gasteiger partial charge < -0.3 is 10.4 Å². The maximum Gasteiger partial charge on any atom is 0.416 e. The van der Waals surface area contributed by atoms with E-state index >= 15 is 0 Å². The summed E-state index contributed by atoms with van der Waals surface area (Å²) in [5.74, 6) is -2.18. The number of aromatic nitrogens is 2. The predicted molar refractivity (Wildman–Crippen MR) is 186 cm³/mol. The molecule has 2 aromatic heterocycles. The van der Waals surface area contributed by atoms with Gasteiger partial charge in [0.05, 0.1) is 21.0 Å². The molecule has 0 saturated heterocycles. The number of hydrogen-bond donors (Lipinski definition) is 2. The lowest BCUT2D eigenvalue weighted by molar-refractivity contribution is -0.138.